The molecule has 3 rings (SSSR count). The Bertz CT molecular complexity index is 803. The summed E-state index contributed by atoms with van der Waals surface area (Å²) in [6.07, 6.45) is 3.02. The predicted molar refractivity (Wildman–Crippen MR) is 67.5 cm³/mol. The molecule has 5 heteroatoms. The Morgan fingerprint density at radius 1 is 1.16 bits per heavy atom. The van der Waals surface area contributed by atoms with E-state index in [1.165, 1.54) is 23.0 Å². The zero-order valence-electron chi connectivity index (χ0n) is 10.4. The van der Waals surface area contributed by atoms with Crippen LogP contribution in [0.1, 0.15) is 37.7 Å². The Balaban J connectivity index is 2.43. The van der Waals surface area contributed by atoms with Crippen LogP contribution in [0.2, 0.25) is 0 Å². The van der Waals surface area contributed by atoms with Gasteiger partial charge in [-0.15, -0.1) is 0 Å². The highest BCUT2D eigenvalue weighted by atomic mass is 16.1. The van der Waals surface area contributed by atoms with E-state index in [9.17, 15) is 14.4 Å². The zero-order valence-corrected chi connectivity index (χ0v) is 10.4. The van der Waals surface area contributed by atoms with Gasteiger partial charge in [0.15, 0.2) is 5.43 Å². The number of carbonyl (C=O) groups is 2. The Kier molecular flexibility index (Phi) is 2.25. The van der Waals surface area contributed by atoms with Crippen LogP contribution in [0.25, 0.3) is 0 Å². The van der Waals surface area contributed by atoms with Gasteiger partial charge < -0.3 is 4.57 Å². The van der Waals surface area contributed by atoms with Crippen molar-refractivity contribution in [2.75, 3.05) is 0 Å². The zero-order chi connectivity index (χ0) is 13.7. The van der Waals surface area contributed by atoms with Crippen molar-refractivity contribution in [3.05, 3.63) is 62.8 Å². The molecule has 0 saturated heterocycles. The van der Waals surface area contributed by atoms with Gasteiger partial charge in [0.25, 0.3) is 0 Å². The highest BCUT2D eigenvalue weighted by molar-refractivity contribution is 6.26. The Hall–Kier alpha value is -2.56. The molecule has 0 amide bonds. The standard InChI is InChI=1S/C14H10N2O3/c1-7-5-8-11(15-6-7)14(19)12-10(13(8)18)9(17)3-4-16(12)2/h3-6H,1-2H3. The predicted octanol–water partition coefficient (Wildman–Crippen LogP) is 0.864. The van der Waals surface area contributed by atoms with E-state index in [0.717, 1.165) is 5.56 Å². The summed E-state index contributed by atoms with van der Waals surface area (Å²) in [6, 6.07) is 2.89. The van der Waals surface area contributed by atoms with Crippen molar-refractivity contribution in [3.63, 3.8) is 0 Å². The van der Waals surface area contributed by atoms with Crippen LogP contribution in [0.3, 0.4) is 0 Å². The minimum Gasteiger partial charge on any atom is -0.347 e. The van der Waals surface area contributed by atoms with Crippen molar-refractivity contribution in [1.29, 1.82) is 0 Å². The molecular weight excluding hydrogens is 244 g/mol. The topological polar surface area (TPSA) is 69.0 Å². The Labute approximate surface area is 108 Å². The maximum absolute atomic E-state index is 12.4. The number of aromatic nitrogens is 2. The molecule has 0 radical (unpaired) electrons. The Morgan fingerprint density at radius 3 is 2.63 bits per heavy atom. The largest absolute Gasteiger partial charge is 0.347 e. The Morgan fingerprint density at radius 2 is 1.89 bits per heavy atom. The average molecular weight is 254 g/mol. The van der Waals surface area contributed by atoms with Gasteiger partial charge >= 0.3 is 0 Å². The fraction of sp³-hybridized carbons (Fsp3) is 0.143. The summed E-state index contributed by atoms with van der Waals surface area (Å²) in [6.45, 7) is 1.78. The first kappa shape index (κ1) is 11.5. The van der Waals surface area contributed by atoms with Gasteiger partial charge in [-0.2, -0.15) is 0 Å². The number of nitrogens with zero attached hydrogens (tertiary/aromatic N) is 2. The number of ketones is 2. The molecule has 2 aromatic rings. The molecule has 0 unspecified atom stereocenters. The van der Waals surface area contributed by atoms with Crippen molar-refractivity contribution in [2.24, 2.45) is 7.05 Å². The molecule has 2 heterocycles. The molecule has 0 spiro atoms. The lowest BCUT2D eigenvalue weighted by atomic mass is 9.89. The molecule has 0 fully saturated rings. The molecule has 1 aliphatic rings. The highest BCUT2D eigenvalue weighted by Crippen LogP contribution is 2.23. The molecule has 19 heavy (non-hydrogen) atoms. The maximum atomic E-state index is 12.4. The molecule has 2 aromatic heterocycles. The lowest BCUT2D eigenvalue weighted by Gasteiger charge is -2.18. The minimum absolute atomic E-state index is 0.0603. The van der Waals surface area contributed by atoms with Crippen LogP contribution in [0.4, 0.5) is 0 Å². The van der Waals surface area contributed by atoms with Gasteiger partial charge in [0.05, 0.1) is 11.1 Å². The first-order chi connectivity index (χ1) is 9.00. The molecule has 0 bridgehead atoms. The number of pyridine rings is 2. The number of hydrogen-bond donors (Lipinski definition) is 0. The smallest absolute Gasteiger partial charge is 0.229 e. The molecule has 0 N–H and O–H groups in total. The van der Waals surface area contributed by atoms with Crippen molar-refractivity contribution in [2.45, 2.75) is 6.92 Å². The summed E-state index contributed by atoms with van der Waals surface area (Å²) in [5.74, 6) is -0.813. The van der Waals surface area contributed by atoms with Crippen LogP contribution >= 0.6 is 0 Å². The van der Waals surface area contributed by atoms with Crippen LogP contribution in [-0.4, -0.2) is 21.1 Å². The second kappa shape index (κ2) is 3.71. The van der Waals surface area contributed by atoms with Gasteiger partial charge in [-0.3, -0.25) is 19.4 Å². The van der Waals surface area contributed by atoms with Crippen molar-refractivity contribution >= 4 is 11.6 Å². The highest BCUT2D eigenvalue weighted by Gasteiger charge is 2.34. The molecule has 94 valence electrons. The second-order valence-corrected chi connectivity index (χ2v) is 4.58. The van der Waals surface area contributed by atoms with Gasteiger partial charge in [-0.1, -0.05) is 0 Å². The SMILES string of the molecule is Cc1cnc2c(c1)C(=O)c1c(n(C)ccc1=O)C2=O. The van der Waals surface area contributed by atoms with E-state index < -0.39 is 11.2 Å². The first-order valence-corrected chi connectivity index (χ1v) is 5.76. The number of aryl methyl sites for hydroxylation is 2. The maximum Gasteiger partial charge on any atom is 0.229 e. The average Bonchev–Trinajstić information content (AvgIpc) is 2.38. The summed E-state index contributed by atoms with van der Waals surface area (Å²) < 4.78 is 1.49. The lowest BCUT2D eigenvalue weighted by Crippen LogP contribution is -2.31. The van der Waals surface area contributed by atoms with E-state index in [1.54, 1.807) is 20.0 Å². The van der Waals surface area contributed by atoms with Crippen LogP contribution in [0.5, 0.6) is 0 Å². The molecule has 1 aliphatic carbocycles. The van der Waals surface area contributed by atoms with Crippen LogP contribution < -0.4 is 5.43 Å². The van der Waals surface area contributed by atoms with E-state index in [2.05, 4.69) is 4.98 Å². The van der Waals surface area contributed by atoms with E-state index in [4.69, 9.17) is 0 Å². The fourth-order valence-electron chi connectivity index (χ4n) is 2.29. The monoisotopic (exact) mass is 254 g/mol. The van der Waals surface area contributed by atoms with Gasteiger partial charge in [0, 0.05) is 25.5 Å². The lowest BCUT2D eigenvalue weighted by molar-refractivity contribution is 0.0967. The van der Waals surface area contributed by atoms with Crippen molar-refractivity contribution in [3.8, 4) is 0 Å². The molecule has 0 aromatic carbocycles. The number of fused-ring (bicyclic) bond motifs is 2. The van der Waals surface area contributed by atoms with Crippen molar-refractivity contribution in [1.82, 2.24) is 9.55 Å². The van der Waals surface area contributed by atoms with Gasteiger partial charge in [-0.25, -0.2) is 0 Å². The second-order valence-electron chi connectivity index (χ2n) is 4.58. The number of rotatable bonds is 0. The van der Waals surface area contributed by atoms with E-state index >= 15 is 0 Å². The summed E-state index contributed by atoms with van der Waals surface area (Å²) in [5, 5.41) is 0. The summed E-state index contributed by atoms with van der Waals surface area (Å²) in [4.78, 5) is 40.6. The molecule has 5 nitrogen and oxygen atoms in total. The quantitative estimate of drug-likeness (QED) is 0.596. The molecule has 0 atom stereocenters. The van der Waals surface area contributed by atoms with Gasteiger partial charge in [0.2, 0.25) is 11.6 Å². The van der Waals surface area contributed by atoms with Crippen molar-refractivity contribution < 1.29 is 9.59 Å². The van der Waals surface area contributed by atoms with Crippen LogP contribution in [-0.2, 0) is 7.05 Å². The molecular formula is C14H10N2O3. The summed E-state index contributed by atoms with van der Waals surface area (Å²) in [7, 11) is 1.63. The van der Waals surface area contributed by atoms with Crippen LogP contribution in [0, 0.1) is 6.92 Å². The normalized spacial score (nSPS) is 13.2. The van der Waals surface area contributed by atoms with E-state index in [1.807, 2.05) is 0 Å². The third-order valence-electron chi connectivity index (χ3n) is 3.21. The first-order valence-electron chi connectivity index (χ1n) is 5.76. The third-order valence-corrected chi connectivity index (χ3v) is 3.21. The minimum atomic E-state index is -0.432. The molecule has 0 saturated carbocycles. The van der Waals surface area contributed by atoms with Gasteiger partial charge in [-0.05, 0) is 18.6 Å². The summed E-state index contributed by atoms with van der Waals surface area (Å²) in [5.41, 5.74) is 0.719. The summed E-state index contributed by atoms with van der Waals surface area (Å²) >= 11 is 0. The third kappa shape index (κ3) is 1.48. The van der Waals surface area contributed by atoms with E-state index in [0.29, 0.717) is 0 Å². The molecule has 0 aliphatic heterocycles. The van der Waals surface area contributed by atoms with Gasteiger partial charge in [0.1, 0.15) is 11.4 Å². The van der Waals surface area contributed by atoms with Crippen LogP contribution in [0.15, 0.2) is 29.3 Å². The number of hydrogen-bond acceptors (Lipinski definition) is 4. The van der Waals surface area contributed by atoms with E-state index in [-0.39, 0.29) is 28.3 Å². The fourth-order valence-corrected chi connectivity index (χ4v) is 2.29. The number of carbonyl (C=O) groups excluding carboxylic acids is 2.